The maximum absolute atomic E-state index is 6.70. The van der Waals surface area contributed by atoms with Gasteiger partial charge in [0.15, 0.2) is 0 Å². The van der Waals surface area contributed by atoms with Crippen molar-refractivity contribution in [2.75, 3.05) is 39.3 Å². The van der Waals surface area contributed by atoms with Crippen LogP contribution in [0.3, 0.4) is 0 Å². The monoisotopic (exact) mass is 405 g/mol. The predicted molar refractivity (Wildman–Crippen MR) is 105 cm³/mol. The van der Waals surface area contributed by atoms with Gasteiger partial charge in [0, 0.05) is 39.3 Å². The second-order valence-corrected chi connectivity index (χ2v) is 25.9. The van der Waals surface area contributed by atoms with Crippen LogP contribution in [0.4, 0.5) is 0 Å². The average Bonchev–Trinajstić information content (AvgIpc) is 2.34. The third-order valence-corrected chi connectivity index (χ3v) is 12.2. The van der Waals surface area contributed by atoms with Crippen molar-refractivity contribution in [1.82, 2.24) is 13.7 Å². The molecule has 0 aromatic heterocycles. The molecule has 0 aromatic rings. The fourth-order valence-electron chi connectivity index (χ4n) is 2.65. The van der Waals surface area contributed by atoms with Crippen molar-refractivity contribution in [3.05, 3.63) is 0 Å². The van der Waals surface area contributed by atoms with Gasteiger partial charge in [-0.15, -0.1) is 33.2 Å². The number of hydrogen-bond acceptors (Lipinski definition) is 3. The molecule has 0 amide bonds. The molecule has 0 aliphatic carbocycles. The Morgan fingerprint density at radius 3 is 0.714 bits per heavy atom. The molecule has 21 heavy (non-hydrogen) atoms. The highest BCUT2D eigenvalue weighted by Crippen LogP contribution is 2.22. The van der Waals surface area contributed by atoms with Crippen molar-refractivity contribution in [2.24, 2.45) is 0 Å². The molecule has 0 unspecified atom stereocenters. The van der Waals surface area contributed by atoms with Gasteiger partial charge in [-0.25, -0.2) is 0 Å². The molecule has 0 radical (unpaired) electrons. The van der Waals surface area contributed by atoms with E-state index in [-0.39, 0.29) is 0 Å². The van der Waals surface area contributed by atoms with Crippen LogP contribution in [0.2, 0.25) is 39.3 Å². The Morgan fingerprint density at radius 2 is 0.619 bits per heavy atom. The zero-order valence-electron chi connectivity index (χ0n) is 14.2. The predicted octanol–water partition coefficient (Wildman–Crippen LogP) is 3.73. The molecule has 0 bridgehead atoms. The molecule has 1 rings (SSSR count). The highest BCUT2D eigenvalue weighted by molar-refractivity contribution is 7.18. The SMILES string of the molecule is C[Si](C)(Cl)N1CCN([Si](C)(C)Cl)CCN([Si](C)(C)Cl)CC1. The topological polar surface area (TPSA) is 9.72 Å². The van der Waals surface area contributed by atoms with E-state index < -0.39 is 22.6 Å². The van der Waals surface area contributed by atoms with Crippen molar-refractivity contribution in [3.8, 4) is 0 Å². The number of halogens is 3. The third-order valence-electron chi connectivity index (χ3n) is 4.18. The van der Waals surface area contributed by atoms with Crippen LogP contribution in [0.25, 0.3) is 0 Å². The van der Waals surface area contributed by atoms with E-state index in [2.05, 4.69) is 53.0 Å². The zero-order chi connectivity index (χ0) is 16.5. The Labute approximate surface area is 147 Å². The molecule has 0 atom stereocenters. The molecule has 0 aromatic carbocycles. The van der Waals surface area contributed by atoms with Crippen LogP contribution in [-0.4, -0.2) is 75.6 Å². The first-order chi connectivity index (χ1) is 9.32. The number of rotatable bonds is 3. The lowest BCUT2D eigenvalue weighted by atomic mass is 10.5. The summed E-state index contributed by atoms with van der Waals surface area (Å²) in [4.78, 5) is 0. The first-order valence-electron chi connectivity index (χ1n) is 7.64. The maximum Gasteiger partial charge on any atom is 0.223 e. The van der Waals surface area contributed by atoms with Crippen molar-refractivity contribution >= 4 is 55.9 Å². The minimum Gasteiger partial charge on any atom is -0.309 e. The largest absolute Gasteiger partial charge is 0.309 e. The van der Waals surface area contributed by atoms with Crippen molar-refractivity contribution < 1.29 is 0 Å². The summed E-state index contributed by atoms with van der Waals surface area (Å²) in [6, 6.07) is 0. The Hall–Kier alpha value is 1.40. The summed E-state index contributed by atoms with van der Waals surface area (Å²) in [5.41, 5.74) is 0. The fourth-order valence-corrected chi connectivity index (χ4v) is 7.97. The lowest BCUT2D eigenvalue weighted by Crippen LogP contribution is -2.52. The normalized spacial score (nSPS) is 22.7. The molecule has 1 heterocycles. The first kappa shape index (κ1) is 20.4. The second-order valence-electron chi connectivity index (χ2n) is 7.19. The fraction of sp³-hybridized carbons (Fsp3) is 1.00. The highest BCUT2D eigenvalue weighted by Gasteiger charge is 2.35. The molecular weight excluding hydrogens is 377 g/mol. The molecule has 3 nitrogen and oxygen atoms in total. The van der Waals surface area contributed by atoms with Gasteiger partial charge in [0.1, 0.15) is 0 Å². The van der Waals surface area contributed by atoms with Crippen LogP contribution >= 0.6 is 33.2 Å². The van der Waals surface area contributed by atoms with E-state index >= 15 is 0 Å². The second kappa shape index (κ2) is 7.53. The van der Waals surface area contributed by atoms with Crippen molar-refractivity contribution in [1.29, 1.82) is 0 Å². The lowest BCUT2D eigenvalue weighted by Gasteiger charge is -2.35. The van der Waals surface area contributed by atoms with Gasteiger partial charge in [0.05, 0.1) is 0 Å². The molecule has 9 heteroatoms. The summed E-state index contributed by atoms with van der Waals surface area (Å²) < 4.78 is 7.44. The Balaban J connectivity index is 2.93. The van der Waals surface area contributed by atoms with Gasteiger partial charge < -0.3 is 13.7 Å². The minimum atomic E-state index is -1.81. The molecule has 1 aliphatic rings. The van der Waals surface area contributed by atoms with Gasteiger partial charge in [0.2, 0.25) is 22.6 Å². The maximum atomic E-state index is 6.70. The van der Waals surface area contributed by atoms with Crippen LogP contribution in [0, 0.1) is 0 Å². The van der Waals surface area contributed by atoms with Crippen LogP contribution < -0.4 is 0 Å². The van der Waals surface area contributed by atoms with E-state index in [1.54, 1.807) is 0 Å². The quantitative estimate of drug-likeness (QED) is 0.522. The summed E-state index contributed by atoms with van der Waals surface area (Å²) in [6.07, 6.45) is 0. The van der Waals surface area contributed by atoms with E-state index in [1.807, 2.05) is 0 Å². The Morgan fingerprint density at radius 1 is 0.476 bits per heavy atom. The van der Waals surface area contributed by atoms with Gasteiger partial charge in [-0.2, -0.15) is 0 Å². The molecule has 0 saturated carbocycles. The van der Waals surface area contributed by atoms with Crippen molar-refractivity contribution in [2.45, 2.75) is 39.3 Å². The van der Waals surface area contributed by atoms with Crippen LogP contribution in [0.5, 0.6) is 0 Å². The molecular formula is C12H30Cl3N3Si3. The molecule has 1 saturated heterocycles. The van der Waals surface area contributed by atoms with E-state index in [9.17, 15) is 0 Å². The Kier molecular flexibility index (Phi) is 7.33. The summed E-state index contributed by atoms with van der Waals surface area (Å²) in [5.74, 6) is 0. The zero-order valence-corrected chi connectivity index (χ0v) is 19.5. The van der Waals surface area contributed by atoms with E-state index in [0.717, 1.165) is 39.3 Å². The smallest absolute Gasteiger partial charge is 0.223 e. The van der Waals surface area contributed by atoms with Gasteiger partial charge in [-0.1, -0.05) is 0 Å². The molecule has 0 spiro atoms. The van der Waals surface area contributed by atoms with Gasteiger partial charge in [-0.3, -0.25) is 0 Å². The van der Waals surface area contributed by atoms with Crippen LogP contribution in [0.1, 0.15) is 0 Å². The van der Waals surface area contributed by atoms with Crippen LogP contribution in [-0.2, 0) is 0 Å². The third kappa shape index (κ3) is 6.81. The molecule has 126 valence electrons. The summed E-state index contributed by atoms with van der Waals surface area (Å²) in [6.45, 7) is 19.3. The van der Waals surface area contributed by atoms with E-state index in [4.69, 9.17) is 33.2 Å². The van der Waals surface area contributed by atoms with E-state index in [0.29, 0.717) is 0 Å². The standard InChI is InChI=1S/C12H30Cl3N3Si3/c1-19(2,13)16-7-9-17(20(3,4)14)11-12-18(10-8-16)21(5,6)15/h7-12H2,1-6H3. The molecule has 1 aliphatic heterocycles. The van der Waals surface area contributed by atoms with Crippen LogP contribution in [0.15, 0.2) is 0 Å². The van der Waals surface area contributed by atoms with Gasteiger partial charge >= 0.3 is 0 Å². The number of nitrogens with zero attached hydrogens (tertiary/aromatic N) is 3. The van der Waals surface area contributed by atoms with Gasteiger partial charge in [0.25, 0.3) is 0 Å². The average molecular weight is 407 g/mol. The molecule has 1 fully saturated rings. The lowest BCUT2D eigenvalue weighted by molar-refractivity contribution is 0.374. The van der Waals surface area contributed by atoms with Gasteiger partial charge in [-0.05, 0) is 39.3 Å². The number of hydrogen-bond donors (Lipinski definition) is 0. The Bertz CT molecular complexity index is 275. The minimum absolute atomic E-state index is 1.02. The highest BCUT2D eigenvalue weighted by atomic mass is 35.6. The first-order valence-corrected chi connectivity index (χ1v) is 19.5. The van der Waals surface area contributed by atoms with Crippen molar-refractivity contribution in [3.63, 3.8) is 0 Å². The summed E-state index contributed by atoms with van der Waals surface area (Å²) in [5, 5.41) is 0. The summed E-state index contributed by atoms with van der Waals surface area (Å²) >= 11 is 20.1. The van der Waals surface area contributed by atoms with E-state index in [1.165, 1.54) is 0 Å². The molecule has 0 N–H and O–H groups in total. The summed E-state index contributed by atoms with van der Waals surface area (Å²) in [7, 11) is -5.44.